The number of nitrogens with one attached hydrogen (secondary N) is 1. The van der Waals surface area contributed by atoms with Crippen LogP contribution < -0.4 is 11.1 Å². The Morgan fingerprint density at radius 2 is 2.22 bits per heavy atom. The van der Waals surface area contributed by atoms with E-state index in [-0.39, 0.29) is 5.91 Å². The number of rotatable bonds is 3. The second-order valence-corrected chi connectivity index (χ2v) is 4.26. The van der Waals surface area contributed by atoms with Crippen LogP contribution in [-0.4, -0.2) is 25.2 Å². The minimum absolute atomic E-state index is 0.200. The van der Waals surface area contributed by atoms with Crippen LogP contribution in [0.5, 0.6) is 0 Å². The molecule has 1 rings (SSSR count). The van der Waals surface area contributed by atoms with Gasteiger partial charge >= 0.3 is 0 Å². The fourth-order valence-electron chi connectivity index (χ4n) is 1.20. The summed E-state index contributed by atoms with van der Waals surface area (Å²) >= 11 is 0. The third kappa shape index (κ3) is 3.88. The van der Waals surface area contributed by atoms with E-state index >= 15 is 0 Å². The molecular formula is C14H18N2O2. The number of carbonyl (C=O) groups excluding carboxylic acids is 1. The molecule has 0 aliphatic rings. The summed E-state index contributed by atoms with van der Waals surface area (Å²) < 4.78 is 5.11. The van der Waals surface area contributed by atoms with Crippen LogP contribution in [0.3, 0.4) is 0 Å². The molecular weight excluding hydrogens is 228 g/mol. The number of hydrogen-bond donors (Lipinski definition) is 2. The Hall–Kier alpha value is -1.83. The van der Waals surface area contributed by atoms with E-state index in [4.69, 9.17) is 10.5 Å². The molecule has 0 aliphatic carbocycles. The highest BCUT2D eigenvalue weighted by Crippen LogP contribution is 2.14. The lowest BCUT2D eigenvalue weighted by molar-refractivity contribution is -0.133. The predicted molar refractivity (Wildman–Crippen MR) is 72.1 cm³/mol. The monoisotopic (exact) mass is 246 g/mol. The Labute approximate surface area is 108 Å². The zero-order valence-electron chi connectivity index (χ0n) is 10.9. The first-order valence-corrected chi connectivity index (χ1v) is 5.65. The lowest BCUT2D eigenvalue weighted by Crippen LogP contribution is -2.38. The Balaban J connectivity index is 2.83. The van der Waals surface area contributed by atoms with Crippen molar-refractivity contribution in [2.75, 3.05) is 19.0 Å². The van der Waals surface area contributed by atoms with Gasteiger partial charge in [-0.1, -0.05) is 17.9 Å². The second-order valence-electron chi connectivity index (χ2n) is 4.26. The van der Waals surface area contributed by atoms with Crippen LogP contribution in [0, 0.1) is 11.8 Å². The number of methoxy groups -OCH3 is 1. The third-order valence-corrected chi connectivity index (χ3v) is 2.51. The van der Waals surface area contributed by atoms with Gasteiger partial charge in [0, 0.05) is 18.4 Å². The first-order valence-electron chi connectivity index (χ1n) is 5.65. The van der Waals surface area contributed by atoms with Crippen LogP contribution in [0.1, 0.15) is 19.4 Å². The highest BCUT2D eigenvalue weighted by molar-refractivity contribution is 5.96. The number of benzene rings is 1. The van der Waals surface area contributed by atoms with Crippen molar-refractivity contribution < 1.29 is 9.53 Å². The maximum Gasteiger partial charge on any atom is 0.256 e. The Kier molecular flexibility index (Phi) is 4.90. The molecule has 0 aromatic heterocycles. The van der Waals surface area contributed by atoms with Crippen LogP contribution in [0.25, 0.3) is 0 Å². The van der Waals surface area contributed by atoms with Gasteiger partial charge in [-0.25, -0.2) is 0 Å². The molecule has 4 heteroatoms. The highest BCUT2D eigenvalue weighted by atomic mass is 16.5. The third-order valence-electron chi connectivity index (χ3n) is 2.51. The maximum absolute atomic E-state index is 11.9. The summed E-state index contributed by atoms with van der Waals surface area (Å²) in [7, 11) is 1.50. The van der Waals surface area contributed by atoms with Gasteiger partial charge in [-0.05, 0) is 32.0 Å². The second kappa shape index (κ2) is 6.20. The van der Waals surface area contributed by atoms with Crippen molar-refractivity contribution in [3.05, 3.63) is 29.8 Å². The van der Waals surface area contributed by atoms with E-state index in [0.717, 1.165) is 5.56 Å². The van der Waals surface area contributed by atoms with Crippen molar-refractivity contribution in [2.24, 2.45) is 5.73 Å². The Morgan fingerprint density at radius 3 is 2.83 bits per heavy atom. The number of ether oxygens (including phenoxy) is 1. The van der Waals surface area contributed by atoms with E-state index in [9.17, 15) is 4.79 Å². The molecule has 1 amide bonds. The number of carbonyl (C=O) groups is 1. The molecule has 0 bridgehead atoms. The van der Waals surface area contributed by atoms with Gasteiger partial charge in [-0.2, -0.15) is 0 Å². The number of hydrogen-bond acceptors (Lipinski definition) is 3. The van der Waals surface area contributed by atoms with Crippen molar-refractivity contribution in [1.82, 2.24) is 0 Å². The van der Waals surface area contributed by atoms with Crippen LogP contribution in [0.15, 0.2) is 24.3 Å². The molecule has 4 nitrogen and oxygen atoms in total. The van der Waals surface area contributed by atoms with Gasteiger partial charge in [0.1, 0.15) is 5.60 Å². The fraction of sp³-hybridized carbons (Fsp3) is 0.357. The zero-order valence-corrected chi connectivity index (χ0v) is 10.9. The molecule has 3 N–H and O–H groups in total. The average molecular weight is 246 g/mol. The molecule has 0 atom stereocenters. The van der Waals surface area contributed by atoms with Crippen molar-refractivity contribution >= 4 is 11.6 Å². The summed E-state index contributed by atoms with van der Waals surface area (Å²) in [6, 6.07) is 7.29. The zero-order chi connectivity index (χ0) is 13.6. The van der Waals surface area contributed by atoms with E-state index in [2.05, 4.69) is 17.2 Å². The lowest BCUT2D eigenvalue weighted by Gasteiger charge is -2.21. The van der Waals surface area contributed by atoms with Crippen LogP contribution in [0.4, 0.5) is 5.69 Å². The summed E-state index contributed by atoms with van der Waals surface area (Å²) in [5, 5.41) is 2.79. The maximum atomic E-state index is 11.9. The summed E-state index contributed by atoms with van der Waals surface area (Å²) in [4.78, 5) is 11.9. The molecule has 0 saturated carbocycles. The lowest BCUT2D eigenvalue weighted by atomic mass is 10.1. The SMILES string of the molecule is COC(C)(C)C(=O)Nc1cccc(C#CCN)c1. The van der Waals surface area contributed by atoms with Gasteiger partial charge in [-0.15, -0.1) is 0 Å². The molecule has 1 aromatic carbocycles. The molecule has 0 fully saturated rings. The largest absolute Gasteiger partial charge is 0.369 e. The number of anilines is 1. The van der Waals surface area contributed by atoms with Gasteiger partial charge in [0.15, 0.2) is 0 Å². The van der Waals surface area contributed by atoms with Crippen LogP contribution >= 0.6 is 0 Å². The summed E-state index contributed by atoms with van der Waals surface area (Å²) in [5.41, 5.74) is 5.95. The van der Waals surface area contributed by atoms with Crippen molar-refractivity contribution in [3.63, 3.8) is 0 Å². The molecule has 18 heavy (non-hydrogen) atoms. The quantitative estimate of drug-likeness (QED) is 0.791. The minimum atomic E-state index is -0.862. The average Bonchev–Trinajstić information content (AvgIpc) is 2.36. The Bertz CT molecular complexity index is 484. The molecule has 0 unspecified atom stereocenters. The fourth-order valence-corrected chi connectivity index (χ4v) is 1.20. The van der Waals surface area contributed by atoms with Crippen molar-refractivity contribution in [3.8, 4) is 11.8 Å². The molecule has 0 heterocycles. The number of amides is 1. The van der Waals surface area contributed by atoms with Crippen molar-refractivity contribution in [1.29, 1.82) is 0 Å². The minimum Gasteiger partial charge on any atom is -0.369 e. The molecule has 0 aliphatic heterocycles. The Morgan fingerprint density at radius 1 is 1.50 bits per heavy atom. The summed E-state index contributed by atoms with van der Waals surface area (Å²) in [6.07, 6.45) is 0. The van der Waals surface area contributed by atoms with E-state index in [1.165, 1.54) is 7.11 Å². The first kappa shape index (κ1) is 14.2. The highest BCUT2D eigenvalue weighted by Gasteiger charge is 2.26. The number of nitrogens with two attached hydrogens (primary N) is 1. The molecule has 96 valence electrons. The van der Waals surface area contributed by atoms with Gasteiger partial charge in [0.05, 0.1) is 6.54 Å². The first-order chi connectivity index (χ1) is 8.49. The molecule has 1 aromatic rings. The standard InChI is InChI=1S/C14H18N2O2/c1-14(2,18-3)13(17)16-12-8-4-6-11(10-12)7-5-9-15/h4,6,8,10H,9,15H2,1-3H3,(H,16,17). The van der Waals surface area contributed by atoms with E-state index < -0.39 is 5.60 Å². The normalized spacial score (nSPS) is 10.4. The molecule has 0 saturated heterocycles. The van der Waals surface area contributed by atoms with Crippen LogP contribution in [0.2, 0.25) is 0 Å². The summed E-state index contributed by atoms with van der Waals surface area (Å²) in [5.74, 6) is 5.48. The van der Waals surface area contributed by atoms with E-state index in [1.807, 2.05) is 12.1 Å². The van der Waals surface area contributed by atoms with E-state index in [1.54, 1.807) is 26.0 Å². The van der Waals surface area contributed by atoms with Gasteiger partial charge in [-0.3, -0.25) is 4.79 Å². The summed E-state index contributed by atoms with van der Waals surface area (Å²) in [6.45, 7) is 3.73. The molecule has 0 spiro atoms. The van der Waals surface area contributed by atoms with Gasteiger partial charge in [0.25, 0.3) is 5.91 Å². The topological polar surface area (TPSA) is 64.3 Å². The van der Waals surface area contributed by atoms with Crippen molar-refractivity contribution in [2.45, 2.75) is 19.4 Å². The smallest absolute Gasteiger partial charge is 0.256 e. The molecule has 0 radical (unpaired) electrons. The predicted octanol–water partition coefficient (Wildman–Crippen LogP) is 1.36. The van der Waals surface area contributed by atoms with Gasteiger partial charge < -0.3 is 15.8 Å². The van der Waals surface area contributed by atoms with E-state index in [0.29, 0.717) is 12.2 Å². The van der Waals surface area contributed by atoms with Gasteiger partial charge in [0.2, 0.25) is 0 Å². The van der Waals surface area contributed by atoms with Crippen LogP contribution in [-0.2, 0) is 9.53 Å².